The van der Waals surface area contributed by atoms with Crippen LogP contribution in [0.5, 0.6) is 11.5 Å². The molecule has 0 saturated carbocycles. The summed E-state index contributed by atoms with van der Waals surface area (Å²) in [6.45, 7) is 2.02. The van der Waals surface area contributed by atoms with Gasteiger partial charge in [-0.3, -0.25) is 4.79 Å². The Morgan fingerprint density at radius 2 is 1.58 bits per heavy atom. The van der Waals surface area contributed by atoms with Gasteiger partial charge in [-0.15, -0.1) is 0 Å². The average molecular weight is 315 g/mol. The molecule has 1 N–H and O–H groups in total. The molecule has 3 heteroatoms. The first kappa shape index (κ1) is 14.5. The SMILES string of the molecule is Cc1cccc2c1Oc1ccccc1[C@H]2NC(=O)c1ccccc1. The van der Waals surface area contributed by atoms with Crippen molar-refractivity contribution >= 4 is 5.91 Å². The monoisotopic (exact) mass is 315 g/mol. The molecular weight excluding hydrogens is 298 g/mol. The normalized spacial score (nSPS) is 15.0. The third-order valence-corrected chi connectivity index (χ3v) is 4.31. The van der Waals surface area contributed by atoms with Crippen molar-refractivity contribution in [3.8, 4) is 11.5 Å². The Morgan fingerprint density at radius 1 is 0.875 bits per heavy atom. The minimum atomic E-state index is -0.224. The molecule has 0 unspecified atom stereocenters. The Balaban J connectivity index is 1.77. The Morgan fingerprint density at radius 3 is 2.42 bits per heavy atom. The molecule has 3 nitrogen and oxygen atoms in total. The van der Waals surface area contributed by atoms with Gasteiger partial charge >= 0.3 is 0 Å². The van der Waals surface area contributed by atoms with Crippen molar-refractivity contribution in [2.24, 2.45) is 0 Å². The summed E-state index contributed by atoms with van der Waals surface area (Å²) in [6, 6.07) is 22.9. The van der Waals surface area contributed by atoms with Gasteiger partial charge in [0.05, 0.1) is 6.04 Å². The number of carbonyl (C=O) groups is 1. The van der Waals surface area contributed by atoms with Crippen LogP contribution in [-0.4, -0.2) is 5.91 Å². The fraction of sp³-hybridized carbons (Fsp3) is 0.0952. The van der Waals surface area contributed by atoms with Gasteiger partial charge in [0.25, 0.3) is 5.91 Å². The van der Waals surface area contributed by atoms with E-state index in [0.29, 0.717) is 5.56 Å². The molecule has 0 aliphatic carbocycles. The molecule has 3 aromatic rings. The van der Waals surface area contributed by atoms with E-state index in [1.54, 1.807) is 0 Å². The first-order valence-corrected chi connectivity index (χ1v) is 7.96. The average Bonchev–Trinajstić information content (AvgIpc) is 2.63. The number of hydrogen-bond acceptors (Lipinski definition) is 2. The van der Waals surface area contributed by atoms with Crippen LogP contribution in [0.4, 0.5) is 0 Å². The zero-order valence-electron chi connectivity index (χ0n) is 13.3. The number of rotatable bonds is 2. The van der Waals surface area contributed by atoms with Crippen LogP contribution in [0, 0.1) is 6.92 Å². The second-order valence-corrected chi connectivity index (χ2v) is 5.91. The number of aryl methyl sites for hydroxylation is 1. The summed E-state index contributed by atoms with van der Waals surface area (Å²) in [5, 5.41) is 3.16. The second-order valence-electron chi connectivity index (χ2n) is 5.91. The number of benzene rings is 3. The molecule has 1 aliphatic rings. The molecule has 0 radical (unpaired) electrons. The number of ether oxygens (including phenoxy) is 1. The number of amides is 1. The fourth-order valence-electron chi connectivity index (χ4n) is 3.09. The van der Waals surface area contributed by atoms with Gasteiger partial charge in [0, 0.05) is 16.7 Å². The molecule has 1 aliphatic heterocycles. The number of carbonyl (C=O) groups excluding carboxylic acids is 1. The lowest BCUT2D eigenvalue weighted by Gasteiger charge is -2.29. The summed E-state index contributed by atoms with van der Waals surface area (Å²) >= 11 is 0. The lowest BCUT2D eigenvalue weighted by molar-refractivity contribution is 0.0941. The summed E-state index contributed by atoms with van der Waals surface area (Å²) in [4.78, 5) is 12.7. The van der Waals surface area contributed by atoms with Gasteiger partial charge in [-0.05, 0) is 30.7 Å². The van der Waals surface area contributed by atoms with E-state index in [-0.39, 0.29) is 11.9 Å². The predicted molar refractivity (Wildman–Crippen MR) is 93.4 cm³/mol. The molecule has 1 atom stereocenters. The zero-order chi connectivity index (χ0) is 16.5. The Kier molecular flexibility index (Phi) is 3.54. The van der Waals surface area contributed by atoms with Crippen molar-refractivity contribution in [2.75, 3.05) is 0 Å². The highest BCUT2D eigenvalue weighted by Gasteiger charge is 2.29. The molecular formula is C21H17NO2. The van der Waals surface area contributed by atoms with E-state index in [9.17, 15) is 4.79 Å². The van der Waals surface area contributed by atoms with Gasteiger partial charge in [-0.25, -0.2) is 0 Å². The van der Waals surface area contributed by atoms with E-state index >= 15 is 0 Å². The topological polar surface area (TPSA) is 38.3 Å². The highest BCUT2D eigenvalue weighted by Crippen LogP contribution is 2.44. The van der Waals surface area contributed by atoms with E-state index in [1.165, 1.54) is 0 Å². The standard InChI is InChI=1S/C21H17NO2/c1-14-8-7-12-17-19(22-21(23)15-9-3-2-4-10-15)16-11-5-6-13-18(16)24-20(14)17/h2-13,19H,1H3,(H,22,23)/t19-/m1/s1. The van der Waals surface area contributed by atoms with Crippen molar-refractivity contribution in [1.82, 2.24) is 5.32 Å². The van der Waals surface area contributed by atoms with Crippen molar-refractivity contribution in [2.45, 2.75) is 13.0 Å². The van der Waals surface area contributed by atoms with Crippen LogP contribution in [0.2, 0.25) is 0 Å². The zero-order valence-corrected chi connectivity index (χ0v) is 13.3. The predicted octanol–water partition coefficient (Wildman–Crippen LogP) is 4.62. The Labute approximate surface area is 140 Å². The maximum Gasteiger partial charge on any atom is 0.252 e. The van der Waals surface area contributed by atoms with E-state index in [4.69, 9.17) is 4.74 Å². The number of nitrogens with one attached hydrogen (secondary N) is 1. The van der Waals surface area contributed by atoms with Crippen LogP contribution in [0.25, 0.3) is 0 Å². The lowest BCUT2D eigenvalue weighted by atomic mass is 9.92. The van der Waals surface area contributed by atoms with Crippen molar-refractivity contribution in [3.63, 3.8) is 0 Å². The molecule has 1 heterocycles. The highest BCUT2D eigenvalue weighted by atomic mass is 16.5. The van der Waals surface area contributed by atoms with E-state index in [0.717, 1.165) is 28.2 Å². The van der Waals surface area contributed by atoms with Crippen LogP contribution in [0.3, 0.4) is 0 Å². The smallest absolute Gasteiger partial charge is 0.252 e. The third kappa shape index (κ3) is 2.44. The maximum absolute atomic E-state index is 12.7. The van der Waals surface area contributed by atoms with Gasteiger partial charge in [-0.2, -0.15) is 0 Å². The van der Waals surface area contributed by atoms with E-state index in [1.807, 2.05) is 79.7 Å². The minimum Gasteiger partial charge on any atom is -0.456 e. The molecule has 3 aromatic carbocycles. The van der Waals surface area contributed by atoms with Crippen LogP contribution in [0.15, 0.2) is 72.8 Å². The van der Waals surface area contributed by atoms with Gasteiger partial charge in [0.15, 0.2) is 0 Å². The van der Waals surface area contributed by atoms with E-state index in [2.05, 4.69) is 5.32 Å². The lowest BCUT2D eigenvalue weighted by Crippen LogP contribution is -2.31. The first-order valence-electron chi connectivity index (χ1n) is 7.96. The molecule has 118 valence electrons. The largest absolute Gasteiger partial charge is 0.456 e. The molecule has 0 aromatic heterocycles. The molecule has 0 spiro atoms. The maximum atomic E-state index is 12.7. The minimum absolute atomic E-state index is 0.0928. The highest BCUT2D eigenvalue weighted by molar-refractivity contribution is 5.94. The summed E-state index contributed by atoms with van der Waals surface area (Å²) in [5.41, 5.74) is 3.66. The van der Waals surface area contributed by atoms with Gasteiger partial charge in [0.2, 0.25) is 0 Å². The third-order valence-electron chi connectivity index (χ3n) is 4.31. The van der Waals surface area contributed by atoms with E-state index < -0.39 is 0 Å². The number of para-hydroxylation sites is 2. The van der Waals surface area contributed by atoms with Crippen LogP contribution < -0.4 is 10.1 Å². The van der Waals surface area contributed by atoms with Crippen molar-refractivity contribution in [3.05, 3.63) is 95.1 Å². The number of fused-ring (bicyclic) bond motifs is 2. The molecule has 24 heavy (non-hydrogen) atoms. The summed E-state index contributed by atoms with van der Waals surface area (Å²) in [5.74, 6) is 1.52. The van der Waals surface area contributed by atoms with Crippen molar-refractivity contribution in [1.29, 1.82) is 0 Å². The first-order chi connectivity index (χ1) is 11.7. The molecule has 0 bridgehead atoms. The van der Waals surface area contributed by atoms with Crippen LogP contribution in [-0.2, 0) is 0 Å². The Hall–Kier alpha value is -3.07. The molecule has 0 saturated heterocycles. The molecule has 1 amide bonds. The van der Waals surface area contributed by atoms with Crippen molar-refractivity contribution < 1.29 is 9.53 Å². The molecule has 4 rings (SSSR count). The quantitative estimate of drug-likeness (QED) is 0.749. The summed E-state index contributed by atoms with van der Waals surface area (Å²) < 4.78 is 6.07. The van der Waals surface area contributed by atoms with Gasteiger partial charge in [0.1, 0.15) is 11.5 Å². The summed E-state index contributed by atoms with van der Waals surface area (Å²) in [6.07, 6.45) is 0. The molecule has 0 fully saturated rings. The second kappa shape index (κ2) is 5.85. The number of hydrogen-bond donors (Lipinski definition) is 1. The fourth-order valence-corrected chi connectivity index (χ4v) is 3.09. The summed E-state index contributed by atoms with van der Waals surface area (Å²) in [7, 11) is 0. The van der Waals surface area contributed by atoms with Crippen LogP contribution >= 0.6 is 0 Å². The van der Waals surface area contributed by atoms with Gasteiger partial charge in [-0.1, -0.05) is 54.6 Å². The van der Waals surface area contributed by atoms with Gasteiger partial charge < -0.3 is 10.1 Å². The van der Waals surface area contributed by atoms with Crippen LogP contribution in [0.1, 0.15) is 33.1 Å². The Bertz CT molecular complexity index is 903.